The quantitative estimate of drug-likeness (QED) is 0.602. The first-order valence-corrected chi connectivity index (χ1v) is 5.42. The van der Waals surface area contributed by atoms with E-state index in [0.717, 1.165) is 18.9 Å². The Morgan fingerprint density at radius 1 is 1.31 bits per heavy atom. The maximum absolute atomic E-state index is 5.45. The molecule has 0 bridgehead atoms. The molecular weight excluding hydrogens is 160 g/mol. The molecule has 0 heterocycles. The van der Waals surface area contributed by atoms with Crippen molar-refractivity contribution in [3.63, 3.8) is 0 Å². The Kier molecular flexibility index (Phi) is 4.95. The summed E-state index contributed by atoms with van der Waals surface area (Å²) in [5.74, 6) is 1.47. The molecule has 1 saturated carbocycles. The summed E-state index contributed by atoms with van der Waals surface area (Å²) >= 11 is 0. The van der Waals surface area contributed by atoms with E-state index in [1.807, 2.05) is 6.26 Å². The van der Waals surface area contributed by atoms with Crippen molar-refractivity contribution in [1.29, 1.82) is 0 Å². The van der Waals surface area contributed by atoms with Gasteiger partial charge in [0.2, 0.25) is 0 Å². The summed E-state index contributed by atoms with van der Waals surface area (Å²) in [6, 6.07) is 0. The van der Waals surface area contributed by atoms with Crippen molar-refractivity contribution in [3.8, 4) is 0 Å². The fourth-order valence-electron chi connectivity index (χ4n) is 1.75. The first-order valence-electron chi connectivity index (χ1n) is 5.42. The van der Waals surface area contributed by atoms with Crippen molar-refractivity contribution in [2.24, 2.45) is 11.8 Å². The number of ether oxygens (including phenoxy) is 1. The predicted octanol–water partition coefficient (Wildman–Crippen LogP) is 3.57. The molecule has 0 spiro atoms. The van der Waals surface area contributed by atoms with Gasteiger partial charge in [-0.25, -0.2) is 0 Å². The molecule has 1 fully saturated rings. The Hall–Kier alpha value is -0.460. The molecular formula is C12H21O. The molecule has 1 radical (unpaired) electrons. The van der Waals surface area contributed by atoms with E-state index < -0.39 is 0 Å². The van der Waals surface area contributed by atoms with E-state index in [-0.39, 0.29) is 0 Å². The Labute approximate surface area is 82.2 Å². The molecule has 0 unspecified atom stereocenters. The van der Waals surface area contributed by atoms with E-state index in [2.05, 4.69) is 19.9 Å². The second-order valence-corrected chi connectivity index (χ2v) is 4.00. The van der Waals surface area contributed by atoms with Gasteiger partial charge in [0.25, 0.3) is 0 Å². The van der Waals surface area contributed by atoms with Gasteiger partial charge in [0.1, 0.15) is 0 Å². The van der Waals surface area contributed by atoms with Gasteiger partial charge in [0.15, 0.2) is 0 Å². The van der Waals surface area contributed by atoms with Crippen LogP contribution in [0.4, 0.5) is 0 Å². The van der Waals surface area contributed by atoms with E-state index in [1.54, 1.807) is 0 Å². The standard InChI is InChI=1S/C12H21O/c1-3-4-9-13-10-12-7-5-11(2)6-8-12/h4,9,11-12H,2-3,5-8,10H2,1H3. The van der Waals surface area contributed by atoms with E-state index in [4.69, 9.17) is 4.74 Å². The fourth-order valence-corrected chi connectivity index (χ4v) is 1.75. The molecule has 0 saturated heterocycles. The number of rotatable bonds is 4. The first-order chi connectivity index (χ1) is 6.33. The zero-order valence-electron chi connectivity index (χ0n) is 8.67. The highest BCUT2D eigenvalue weighted by Crippen LogP contribution is 2.27. The zero-order valence-corrected chi connectivity index (χ0v) is 8.67. The van der Waals surface area contributed by atoms with E-state index >= 15 is 0 Å². The minimum Gasteiger partial charge on any atom is -0.501 e. The van der Waals surface area contributed by atoms with Crippen molar-refractivity contribution in [2.75, 3.05) is 6.61 Å². The average molecular weight is 181 g/mol. The van der Waals surface area contributed by atoms with E-state index in [1.165, 1.54) is 25.7 Å². The minimum atomic E-state index is 0.697. The number of hydrogen-bond donors (Lipinski definition) is 0. The van der Waals surface area contributed by atoms with Crippen LogP contribution >= 0.6 is 0 Å². The molecule has 0 N–H and O–H groups in total. The highest BCUT2D eigenvalue weighted by atomic mass is 16.5. The Balaban J connectivity index is 2.05. The monoisotopic (exact) mass is 181 g/mol. The molecule has 0 atom stereocenters. The molecule has 1 aliphatic rings. The summed E-state index contributed by atoms with van der Waals surface area (Å²) in [5.41, 5.74) is 0. The van der Waals surface area contributed by atoms with Gasteiger partial charge in [0.05, 0.1) is 12.9 Å². The molecule has 1 heteroatoms. The molecule has 1 aliphatic carbocycles. The molecule has 75 valence electrons. The van der Waals surface area contributed by atoms with Gasteiger partial charge in [-0.1, -0.05) is 32.8 Å². The minimum absolute atomic E-state index is 0.697. The summed E-state index contributed by atoms with van der Waals surface area (Å²) in [4.78, 5) is 0. The molecule has 0 amide bonds. The summed E-state index contributed by atoms with van der Waals surface area (Å²) < 4.78 is 5.45. The lowest BCUT2D eigenvalue weighted by molar-refractivity contribution is 0.155. The molecule has 0 aromatic rings. The van der Waals surface area contributed by atoms with Gasteiger partial charge in [-0.05, 0) is 31.1 Å². The molecule has 1 rings (SSSR count). The molecule has 0 aromatic carbocycles. The van der Waals surface area contributed by atoms with Crippen molar-refractivity contribution in [1.82, 2.24) is 0 Å². The summed E-state index contributed by atoms with van der Waals surface area (Å²) in [5, 5.41) is 0. The second kappa shape index (κ2) is 6.06. The topological polar surface area (TPSA) is 9.23 Å². The summed E-state index contributed by atoms with van der Waals surface area (Å²) in [6.45, 7) is 7.11. The molecule has 1 nitrogen and oxygen atoms in total. The van der Waals surface area contributed by atoms with Crippen molar-refractivity contribution in [2.45, 2.75) is 39.0 Å². The van der Waals surface area contributed by atoms with Crippen LogP contribution in [0.3, 0.4) is 0 Å². The first kappa shape index (κ1) is 10.6. The van der Waals surface area contributed by atoms with Crippen LogP contribution < -0.4 is 0 Å². The van der Waals surface area contributed by atoms with Crippen molar-refractivity contribution < 1.29 is 4.74 Å². The van der Waals surface area contributed by atoms with Crippen LogP contribution in [0.15, 0.2) is 12.3 Å². The van der Waals surface area contributed by atoms with Crippen LogP contribution in [0.1, 0.15) is 39.0 Å². The van der Waals surface area contributed by atoms with Gasteiger partial charge in [-0.3, -0.25) is 0 Å². The zero-order chi connectivity index (χ0) is 9.52. The van der Waals surface area contributed by atoms with Crippen LogP contribution in [-0.4, -0.2) is 6.61 Å². The highest BCUT2D eigenvalue weighted by molar-refractivity contribution is 4.75. The van der Waals surface area contributed by atoms with Gasteiger partial charge in [-0.15, -0.1) is 0 Å². The predicted molar refractivity (Wildman–Crippen MR) is 56.2 cm³/mol. The summed E-state index contributed by atoms with van der Waals surface area (Å²) in [7, 11) is 0. The third kappa shape index (κ3) is 4.35. The normalized spacial score (nSPS) is 29.4. The van der Waals surface area contributed by atoms with Crippen LogP contribution in [0.5, 0.6) is 0 Å². The van der Waals surface area contributed by atoms with Crippen LogP contribution in [0.2, 0.25) is 0 Å². The van der Waals surface area contributed by atoms with Crippen LogP contribution in [0, 0.1) is 18.8 Å². The van der Waals surface area contributed by atoms with E-state index in [9.17, 15) is 0 Å². The smallest absolute Gasteiger partial charge is 0.0901 e. The Bertz CT molecular complexity index is 143. The van der Waals surface area contributed by atoms with Crippen molar-refractivity contribution in [3.05, 3.63) is 19.3 Å². The van der Waals surface area contributed by atoms with Crippen LogP contribution in [0.25, 0.3) is 0 Å². The lowest BCUT2D eigenvalue weighted by atomic mass is 9.83. The SMILES string of the molecule is [CH2]C1CCC(COC=CCC)CC1. The van der Waals surface area contributed by atoms with Gasteiger partial charge in [0, 0.05) is 0 Å². The second-order valence-electron chi connectivity index (χ2n) is 4.00. The van der Waals surface area contributed by atoms with Crippen molar-refractivity contribution >= 4 is 0 Å². The summed E-state index contributed by atoms with van der Waals surface area (Å²) in [6.07, 6.45) is 10.1. The average Bonchev–Trinajstić information content (AvgIpc) is 2.15. The number of allylic oxidation sites excluding steroid dienone is 1. The molecule has 0 aliphatic heterocycles. The van der Waals surface area contributed by atoms with Gasteiger partial charge in [-0.2, -0.15) is 0 Å². The maximum Gasteiger partial charge on any atom is 0.0901 e. The van der Waals surface area contributed by atoms with E-state index in [0.29, 0.717) is 5.92 Å². The highest BCUT2D eigenvalue weighted by Gasteiger charge is 2.17. The van der Waals surface area contributed by atoms with Gasteiger partial charge < -0.3 is 4.74 Å². The molecule has 13 heavy (non-hydrogen) atoms. The van der Waals surface area contributed by atoms with Gasteiger partial charge >= 0.3 is 0 Å². The Morgan fingerprint density at radius 2 is 2.00 bits per heavy atom. The number of hydrogen-bond acceptors (Lipinski definition) is 1. The molecule has 0 aromatic heterocycles. The third-order valence-electron chi connectivity index (χ3n) is 2.73. The maximum atomic E-state index is 5.45. The fraction of sp³-hybridized carbons (Fsp3) is 0.750. The lowest BCUT2D eigenvalue weighted by Crippen LogP contribution is -2.16. The Morgan fingerprint density at radius 3 is 2.62 bits per heavy atom. The van der Waals surface area contributed by atoms with Crippen LogP contribution in [-0.2, 0) is 4.74 Å². The lowest BCUT2D eigenvalue weighted by Gasteiger charge is -2.25. The largest absolute Gasteiger partial charge is 0.501 e. The third-order valence-corrected chi connectivity index (χ3v) is 2.73.